The molecular weight excluding hydrogens is 232 g/mol. The molecule has 0 spiro atoms. The van der Waals surface area contributed by atoms with Crippen molar-refractivity contribution in [1.82, 2.24) is 0 Å². The Labute approximate surface area is 87.2 Å². The first-order chi connectivity index (χ1) is 5.70. The van der Waals surface area contributed by atoms with Crippen molar-refractivity contribution in [2.75, 3.05) is 0 Å². The minimum Gasteiger partial charge on any atom is -0.392 e. The maximum atomic E-state index is 11.0. The second-order valence-corrected chi connectivity index (χ2v) is 4.91. The molecule has 13 heavy (non-hydrogen) atoms. The van der Waals surface area contributed by atoms with Crippen LogP contribution in [0.1, 0.15) is 13.3 Å². The van der Waals surface area contributed by atoms with E-state index in [4.69, 9.17) is 16.0 Å². The lowest BCUT2D eigenvalue weighted by molar-refractivity contribution is 0.468. The zero-order chi connectivity index (χ0) is 10.9. The molecule has 0 aromatic rings. The van der Waals surface area contributed by atoms with E-state index < -0.39 is 24.8 Å². The summed E-state index contributed by atoms with van der Waals surface area (Å²) in [5, 5.41) is 0. The fourth-order valence-electron chi connectivity index (χ4n) is 0.907. The van der Waals surface area contributed by atoms with Crippen LogP contribution in [0.4, 0.5) is 0 Å². The fraction of sp³-hybridized carbons (Fsp3) is 0.600. The van der Waals surface area contributed by atoms with E-state index in [0.29, 0.717) is 0 Å². The van der Waals surface area contributed by atoms with Crippen LogP contribution in [0.5, 0.6) is 0 Å². The highest BCUT2D eigenvalue weighted by Crippen LogP contribution is 2.22. The molecule has 0 aliphatic carbocycles. The first-order valence-corrected chi connectivity index (χ1v) is 5.52. The number of thiocarbonyl (C=S) groups is 2. The Morgan fingerprint density at radius 1 is 1.38 bits per heavy atom. The van der Waals surface area contributed by atoms with Crippen molar-refractivity contribution in [2.45, 2.75) is 18.1 Å². The molecule has 0 aromatic heterocycles. The Morgan fingerprint density at radius 2 is 1.69 bits per heavy atom. The van der Waals surface area contributed by atoms with Crippen LogP contribution < -0.4 is 11.5 Å². The van der Waals surface area contributed by atoms with Crippen molar-refractivity contribution >= 4 is 44.5 Å². The predicted molar refractivity (Wildman–Crippen MR) is 58.1 cm³/mol. The maximum absolute atomic E-state index is 11.0. The predicted octanol–water partition coefficient (Wildman–Crippen LogP) is -0.405. The highest BCUT2D eigenvalue weighted by molar-refractivity contribution is 7.94. The third kappa shape index (κ3) is 1.96. The zero-order valence-corrected chi connectivity index (χ0v) is 9.30. The van der Waals surface area contributed by atoms with Gasteiger partial charge in [0.05, 0.1) is 0 Å². The molecule has 5 nitrogen and oxygen atoms in total. The molecule has 0 rings (SSSR count). The van der Waals surface area contributed by atoms with Gasteiger partial charge in [-0.2, -0.15) is 8.42 Å². The smallest absolute Gasteiger partial charge is 0.283 e. The van der Waals surface area contributed by atoms with Crippen molar-refractivity contribution in [3.05, 3.63) is 0 Å². The molecule has 0 aliphatic rings. The van der Waals surface area contributed by atoms with Gasteiger partial charge in [0, 0.05) is 0 Å². The van der Waals surface area contributed by atoms with E-state index in [2.05, 4.69) is 24.4 Å². The van der Waals surface area contributed by atoms with E-state index in [0.717, 1.165) is 0 Å². The van der Waals surface area contributed by atoms with Gasteiger partial charge >= 0.3 is 0 Å². The van der Waals surface area contributed by atoms with Crippen molar-refractivity contribution in [3.8, 4) is 0 Å². The molecule has 0 unspecified atom stereocenters. The molecule has 5 N–H and O–H groups in total. The lowest BCUT2D eigenvalue weighted by atomic mass is 10.1. The lowest BCUT2D eigenvalue weighted by Gasteiger charge is -2.26. The Kier molecular flexibility index (Phi) is 3.73. The van der Waals surface area contributed by atoms with Gasteiger partial charge in [0.2, 0.25) is 0 Å². The van der Waals surface area contributed by atoms with Gasteiger partial charge in [-0.3, -0.25) is 4.55 Å². The number of rotatable bonds is 4. The zero-order valence-electron chi connectivity index (χ0n) is 6.85. The van der Waals surface area contributed by atoms with Gasteiger partial charge in [-0.1, -0.05) is 31.4 Å². The summed E-state index contributed by atoms with van der Waals surface area (Å²) in [4.78, 5) is -0.880. The summed E-state index contributed by atoms with van der Waals surface area (Å²) in [7, 11) is -4.51. The molecule has 0 saturated carbocycles. The van der Waals surface area contributed by atoms with Crippen molar-refractivity contribution in [1.29, 1.82) is 0 Å². The van der Waals surface area contributed by atoms with Gasteiger partial charge in [-0.05, 0) is 6.42 Å². The van der Waals surface area contributed by atoms with Gasteiger partial charge in [-0.15, -0.1) is 0 Å². The van der Waals surface area contributed by atoms with Crippen LogP contribution in [0, 0.1) is 0 Å². The van der Waals surface area contributed by atoms with E-state index >= 15 is 0 Å². The SMILES string of the molecule is CCC(C(N)=S)(C(N)=S)S(=O)(=O)O. The molecule has 0 fully saturated rings. The summed E-state index contributed by atoms with van der Waals surface area (Å²) < 4.78 is 28.9. The summed E-state index contributed by atoms with van der Waals surface area (Å²) in [6, 6.07) is 0. The largest absolute Gasteiger partial charge is 0.392 e. The van der Waals surface area contributed by atoms with E-state index in [1.165, 1.54) is 6.92 Å². The number of hydrogen-bond acceptors (Lipinski definition) is 4. The van der Waals surface area contributed by atoms with Crippen molar-refractivity contribution in [3.63, 3.8) is 0 Å². The molecule has 0 saturated heterocycles. The Bertz CT molecular complexity index is 321. The molecule has 0 aromatic carbocycles. The molecule has 0 heterocycles. The van der Waals surface area contributed by atoms with E-state index in [-0.39, 0.29) is 6.42 Å². The molecule has 0 amide bonds. The van der Waals surface area contributed by atoms with Crippen LogP contribution >= 0.6 is 24.4 Å². The molecular formula is C5H10N2O3S3. The Morgan fingerprint density at radius 3 is 1.69 bits per heavy atom. The van der Waals surface area contributed by atoms with E-state index in [9.17, 15) is 8.42 Å². The summed E-state index contributed by atoms with van der Waals surface area (Å²) in [6.07, 6.45) is -0.0868. The highest BCUT2D eigenvalue weighted by atomic mass is 32.2. The van der Waals surface area contributed by atoms with Crippen molar-refractivity contribution in [2.24, 2.45) is 11.5 Å². The lowest BCUT2D eigenvalue weighted by Crippen LogP contribution is -2.57. The topological polar surface area (TPSA) is 106 Å². The summed E-state index contributed by atoms with van der Waals surface area (Å²) in [5.41, 5.74) is 10.4. The number of nitrogens with two attached hydrogens (primary N) is 2. The first kappa shape index (κ1) is 12.7. The standard InChI is InChI=1S/C5H10N2O3S3/c1-2-5(3(6)11,4(7)12)13(8,9)10/h2H2,1H3,(H2,6,11)(H2,7,12)(H,8,9,10). The second-order valence-electron chi connectivity index (χ2n) is 2.38. The van der Waals surface area contributed by atoms with Crippen LogP contribution in [0.15, 0.2) is 0 Å². The van der Waals surface area contributed by atoms with E-state index in [1.54, 1.807) is 0 Å². The van der Waals surface area contributed by atoms with Crippen molar-refractivity contribution < 1.29 is 13.0 Å². The van der Waals surface area contributed by atoms with Crippen LogP contribution in [-0.4, -0.2) is 27.7 Å². The molecule has 76 valence electrons. The van der Waals surface area contributed by atoms with Crippen LogP contribution in [0.25, 0.3) is 0 Å². The molecule has 0 atom stereocenters. The highest BCUT2D eigenvalue weighted by Gasteiger charge is 2.47. The quantitative estimate of drug-likeness (QED) is 0.454. The monoisotopic (exact) mass is 242 g/mol. The van der Waals surface area contributed by atoms with E-state index in [1.807, 2.05) is 0 Å². The molecule has 0 aliphatic heterocycles. The van der Waals surface area contributed by atoms with Gasteiger partial charge in [-0.25, -0.2) is 0 Å². The number of hydrogen-bond donors (Lipinski definition) is 3. The first-order valence-electron chi connectivity index (χ1n) is 3.27. The minimum atomic E-state index is -4.51. The van der Waals surface area contributed by atoms with Crippen LogP contribution in [0.2, 0.25) is 0 Å². The maximum Gasteiger partial charge on any atom is 0.283 e. The van der Waals surface area contributed by atoms with Crippen LogP contribution in [-0.2, 0) is 10.1 Å². The normalized spacial score (nSPS) is 12.5. The molecule has 0 bridgehead atoms. The third-order valence-corrected chi connectivity index (χ3v) is 4.30. The van der Waals surface area contributed by atoms with Gasteiger partial charge in [0.25, 0.3) is 10.1 Å². The average Bonchev–Trinajstić information content (AvgIpc) is 1.83. The van der Waals surface area contributed by atoms with Gasteiger partial charge < -0.3 is 11.5 Å². The summed E-state index contributed by atoms with van der Waals surface area (Å²) in [5.74, 6) is 0. The Balaban J connectivity index is 5.68. The minimum absolute atomic E-state index is 0.0868. The average molecular weight is 242 g/mol. The van der Waals surface area contributed by atoms with Gasteiger partial charge in [0.1, 0.15) is 9.98 Å². The summed E-state index contributed by atoms with van der Waals surface area (Å²) >= 11 is 9.05. The van der Waals surface area contributed by atoms with Crippen LogP contribution in [0.3, 0.4) is 0 Å². The second kappa shape index (κ2) is 3.82. The fourth-order valence-corrected chi connectivity index (χ4v) is 2.98. The summed E-state index contributed by atoms with van der Waals surface area (Å²) in [6.45, 7) is 1.46. The molecule has 0 radical (unpaired) electrons. The Hall–Kier alpha value is -0.310. The van der Waals surface area contributed by atoms with Gasteiger partial charge in [0.15, 0.2) is 4.75 Å². The molecule has 8 heteroatoms. The third-order valence-electron chi connectivity index (χ3n) is 1.73.